The second-order valence-corrected chi connectivity index (χ2v) is 7.07. The van der Waals surface area contributed by atoms with Gasteiger partial charge in [-0.2, -0.15) is 0 Å². The predicted octanol–water partition coefficient (Wildman–Crippen LogP) is 4.43. The van der Waals surface area contributed by atoms with E-state index in [0.717, 1.165) is 15.7 Å². The van der Waals surface area contributed by atoms with Gasteiger partial charge < -0.3 is 16.0 Å². The van der Waals surface area contributed by atoms with Gasteiger partial charge in [-0.3, -0.25) is 9.59 Å². The van der Waals surface area contributed by atoms with E-state index in [2.05, 4.69) is 31.9 Å². The summed E-state index contributed by atoms with van der Waals surface area (Å²) in [4.78, 5) is 24.5. The van der Waals surface area contributed by atoms with Crippen molar-refractivity contribution in [1.29, 1.82) is 0 Å². The van der Waals surface area contributed by atoms with Crippen molar-refractivity contribution in [2.75, 3.05) is 17.2 Å². The van der Waals surface area contributed by atoms with E-state index in [9.17, 15) is 9.59 Å². The number of carbonyl (C=O) groups excluding carboxylic acids is 2. The van der Waals surface area contributed by atoms with Crippen molar-refractivity contribution in [2.45, 2.75) is 6.54 Å². The van der Waals surface area contributed by atoms with Crippen molar-refractivity contribution in [3.63, 3.8) is 0 Å². The first-order valence-electron chi connectivity index (χ1n) is 8.81. The Bertz CT molecular complexity index is 944. The minimum Gasteiger partial charge on any atom is -0.376 e. The zero-order valence-electron chi connectivity index (χ0n) is 15.1. The Morgan fingerprint density at radius 1 is 0.821 bits per heavy atom. The molecule has 6 heteroatoms. The van der Waals surface area contributed by atoms with Gasteiger partial charge in [0.1, 0.15) is 0 Å². The van der Waals surface area contributed by atoms with Gasteiger partial charge in [0.15, 0.2) is 0 Å². The summed E-state index contributed by atoms with van der Waals surface area (Å²) in [5, 5.41) is 8.74. The summed E-state index contributed by atoms with van der Waals surface area (Å²) in [7, 11) is 0. The Morgan fingerprint density at radius 3 is 2.32 bits per heavy atom. The van der Waals surface area contributed by atoms with Gasteiger partial charge in [0.2, 0.25) is 5.91 Å². The molecule has 0 bridgehead atoms. The Kier molecular flexibility index (Phi) is 6.81. The normalized spacial score (nSPS) is 10.2. The first-order chi connectivity index (χ1) is 13.6. The van der Waals surface area contributed by atoms with Gasteiger partial charge >= 0.3 is 0 Å². The van der Waals surface area contributed by atoms with Crippen molar-refractivity contribution in [2.24, 2.45) is 0 Å². The average Bonchev–Trinajstić information content (AvgIpc) is 2.72. The van der Waals surface area contributed by atoms with Gasteiger partial charge in [-0.05, 0) is 48.0 Å². The van der Waals surface area contributed by atoms with Gasteiger partial charge in [-0.25, -0.2) is 0 Å². The highest BCUT2D eigenvalue weighted by molar-refractivity contribution is 9.10. The molecular weight excluding hydrogens is 418 g/mol. The van der Waals surface area contributed by atoms with Gasteiger partial charge in [-0.1, -0.05) is 52.3 Å². The first-order valence-corrected chi connectivity index (χ1v) is 9.61. The fourth-order valence-corrected chi connectivity index (χ4v) is 2.84. The Hall–Kier alpha value is -3.12. The molecule has 0 aromatic heterocycles. The predicted molar refractivity (Wildman–Crippen MR) is 115 cm³/mol. The SMILES string of the molecule is O=C(CNc1ccc(Br)cc1)Nc1cccc(C(=O)NCc2ccccc2)c1. The van der Waals surface area contributed by atoms with Crippen LogP contribution in [0.15, 0.2) is 83.3 Å². The Morgan fingerprint density at radius 2 is 1.57 bits per heavy atom. The number of hydrogen-bond donors (Lipinski definition) is 3. The van der Waals surface area contributed by atoms with Crippen LogP contribution in [-0.2, 0) is 11.3 Å². The summed E-state index contributed by atoms with van der Waals surface area (Å²) < 4.78 is 0.977. The molecule has 2 amide bonds. The maximum absolute atomic E-state index is 12.4. The topological polar surface area (TPSA) is 70.2 Å². The molecule has 0 aliphatic heterocycles. The van der Waals surface area contributed by atoms with E-state index >= 15 is 0 Å². The summed E-state index contributed by atoms with van der Waals surface area (Å²) >= 11 is 3.37. The second-order valence-electron chi connectivity index (χ2n) is 6.16. The molecule has 3 rings (SSSR count). The Balaban J connectivity index is 1.52. The molecular formula is C22H20BrN3O2. The molecule has 3 N–H and O–H groups in total. The molecule has 3 aromatic carbocycles. The number of benzene rings is 3. The lowest BCUT2D eigenvalue weighted by Crippen LogP contribution is -2.24. The fourth-order valence-electron chi connectivity index (χ4n) is 2.57. The molecule has 3 aromatic rings. The molecule has 0 saturated carbocycles. The number of nitrogens with one attached hydrogen (secondary N) is 3. The summed E-state index contributed by atoms with van der Waals surface area (Å²) in [5.74, 6) is -0.377. The number of halogens is 1. The highest BCUT2D eigenvalue weighted by Gasteiger charge is 2.08. The minimum atomic E-state index is -0.190. The van der Waals surface area contributed by atoms with Crippen LogP contribution >= 0.6 is 15.9 Å². The summed E-state index contributed by atoms with van der Waals surface area (Å²) in [6, 6.07) is 24.2. The lowest BCUT2D eigenvalue weighted by molar-refractivity contribution is -0.114. The average molecular weight is 438 g/mol. The van der Waals surface area contributed by atoms with E-state index in [4.69, 9.17) is 0 Å². The summed E-state index contributed by atoms with van der Waals surface area (Å²) in [6.45, 7) is 0.583. The molecule has 0 fully saturated rings. The van der Waals surface area contributed by atoms with Crippen molar-refractivity contribution in [1.82, 2.24) is 5.32 Å². The molecule has 0 atom stereocenters. The number of carbonyl (C=O) groups is 2. The van der Waals surface area contributed by atoms with Crippen molar-refractivity contribution in [3.05, 3.63) is 94.5 Å². The smallest absolute Gasteiger partial charge is 0.251 e. The minimum absolute atomic E-state index is 0.131. The van der Waals surface area contributed by atoms with Gasteiger partial charge in [0, 0.05) is 28.0 Å². The van der Waals surface area contributed by atoms with Gasteiger partial charge in [0.05, 0.1) is 6.54 Å². The molecule has 28 heavy (non-hydrogen) atoms. The number of hydrogen-bond acceptors (Lipinski definition) is 3. The van der Waals surface area contributed by atoms with Crippen LogP contribution in [-0.4, -0.2) is 18.4 Å². The molecule has 0 spiro atoms. The molecule has 0 saturated heterocycles. The summed E-state index contributed by atoms with van der Waals surface area (Å²) in [5.41, 5.74) is 2.95. The van der Waals surface area contributed by atoms with E-state index in [1.165, 1.54) is 0 Å². The van der Waals surface area contributed by atoms with Gasteiger partial charge in [0.25, 0.3) is 5.91 Å². The maximum Gasteiger partial charge on any atom is 0.251 e. The molecule has 142 valence electrons. The third-order valence-corrected chi connectivity index (χ3v) is 4.53. The van der Waals surface area contributed by atoms with E-state index in [0.29, 0.717) is 17.8 Å². The zero-order chi connectivity index (χ0) is 19.8. The lowest BCUT2D eigenvalue weighted by Gasteiger charge is -2.10. The molecule has 0 aliphatic rings. The van der Waals surface area contributed by atoms with Crippen molar-refractivity contribution >= 4 is 39.1 Å². The Labute approximate surface area is 172 Å². The third kappa shape index (κ3) is 5.96. The van der Waals surface area contributed by atoms with Crippen molar-refractivity contribution in [3.8, 4) is 0 Å². The monoisotopic (exact) mass is 437 g/mol. The third-order valence-electron chi connectivity index (χ3n) is 4.00. The van der Waals surface area contributed by atoms with Crippen LogP contribution in [0.25, 0.3) is 0 Å². The van der Waals surface area contributed by atoms with Crippen LogP contribution in [0.4, 0.5) is 11.4 Å². The standard InChI is InChI=1S/C22H20BrN3O2/c23-18-9-11-19(12-10-18)24-15-21(27)26-20-8-4-7-17(13-20)22(28)25-14-16-5-2-1-3-6-16/h1-13,24H,14-15H2,(H,25,28)(H,26,27). The van der Waals surface area contributed by atoms with E-state index in [-0.39, 0.29) is 18.4 Å². The van der Waals surface area contributed by atoms with E-state index in [1.807, 2.05) is 54.6 Å². The number of rotatable bonds is 7. The number of amides is 2. The van der Waals surface area contributed by atoms with Crippen LogP contribution < -0.4 is 16.0 Å². The van der Waals surface area contributed by atoms with E-state index in [1.54, 1.807) is 24.3 Å². The second kappa shape index (κ2) is 9.71. The molecule has 5 nitrogen and oxygen atoms in total. The highest BCUT2D eigenvalue weighted by Crippen LogP contribution is 2.14. The maximum atomic E-state index is 12.4. The van der Waals surface area contributed by atoms with Crippen molar-refractivity contribution < 1.29 is 9.59 Å². The van der Waals surface area contributed by atoms with E-state index < -0.39 is 0 Å². The molecule has 0 radical (unpaired) electrons. The molecule has 0 unspecified atom stereocenters. The largest absolute Gasteiger partial charge is 0.376 e. The quantitative estimate of drug-likeness (QED) is 0.511. The first kappa shape index (κ1) is 19.6. The zero-order valence-corrected chi connectivity index (χ0v) is 16.7. The van der Waals surface area contributed by atoms with Gasteiger partial charge in [-0.15, -0.1) is 0 Å². The fraction of sp³-hybridized carbons (Fsp3) is 0.0909. The van der Waals surface area contributed by atoms with Crippen LogP contribution in [0.3, 0.4) is 0 Å². The highest BCUT2D eigenvalue weighted by atomic mass is 79.9. The summed E-state index contributed by atoms with van der Waals surface area (Å²) in [6.07, 6.45) is 0. The van der Waals surface area contributed by atoms with Crippen LogP contribution in [0.2, 0.25) is 0 Å². The van der Waals surface area contributed by atoms with Crippen LogP contribution in [0, 0.1) is 0 Å². The number of anilines is 2. The molecule has 0 heterocycles. The lowest BCUT2D eigenvalue weighted by atomic mass is 10.1. The van der Waals surface area contributed by atoms with Crippen LogP contribution in [0.5, 0.6) is 0 Å². The van der Waals surface area contributed by atoms with Crippen LogP contribution in [0.1, 0.15) is 15.9 Å². The molecule has 0 aliphatic carbocycles.